The average Bonchev–Trinajstić information content (AvgIpc) is 2.69. The van der Waals surface area contributed by atoms with Gasteiger partial charge >= 0.3 is 0 Å². The second-order valence-corrected chi connectivity index (χ2v) is 5.74. The van der Waals surface area contributed by atoms with Gasteiger partial charge in [0.25, 0.3) is 0 Å². The van der Waals surface area contributed by atoms with Gasteiger partial charge in [-0.05, 0) is 58.8 Å². The molecule has 0 saturated carbocycles. The molecule has 6 heteroatoms. The van der Waals surface area contributed by atoms with Crippen LogP contribution in [0.3, 0.4) is 0 Å². The van der Waals surface area contributed by atoms with Crippen LogP contribution in [-0.4, -0.2) is 9.55 Å². The number of aromatic nitrogens is 2. The zero-order valence-electron chi connectivity index (χ0n) is 10.4. The lowest BCUT2D eigenvalue weighted by Gasteiger charge is -2.08. The summed E-state index contributed by atoms with van der Waals surface area (Å²) in [5, 5.41) is 0. The highest BCUT2D eigenvalue weighted by Gasteiger charge is 2.14. The Balaban J connectivity index is 2.40. The molecule has 102 valence electrons. The van der Waals surface area contributed by atoms with Gasteiger partial charge in [-0.3, -0.25) is 4.57 Å². The third-order valence-electron chi connectivity index (χ3n) is 3.07. The molecule has 0 atom stereocenters. The van der Waals surface area contributed by atoms with Gasteiger partial charge in [0.2, 0.25) is 0 Å². The molecule has 2 nitrogen and oxygen atoms in total. The van der Waals surface area contributed by atoms with E-state index in [0.29, 0.717) is 4.77 Å². The van der Waals surface area contributed by atoms with Crippen LogP contribution >= 0.6 is 28.1 Å². The van der Waals surface area contributed by atoms with E-state index in [0.717, 1.165) is 22.7 Å². The fraction of sp³-hybridized carbons (Fsp3) is 0.0714. The van der Waals surface area contributed by atoms with Crippen LogP contribution < -0.4 is 0 Å². The number of hydrogen-bond donors (Lipinski definition) is 1. The van der Waals surface area contributed by atoms with Crippen molar-refractivity contribution in [2.45, 2.75) is 6.92 Å². The van der Waals surface area contributed by atoms with Crippen LogP contribution in [0.15, 0.2) is 34.8 Å². The summed E-state index contributed by atoms with van der Waals surface area (Å²) in [7, 11) is 0. The van der Waals surface area contributed by atoms with E-state index in [4.69, 9.17) is 12.2 Å². The highest BCUT2D eigenvalue weighted by atomic mass is 79.9. The molecule has 0 radical (unpaired) electrons. The van der Waals surface area contributed by atoms with Gasteiger partial charge in [-0.2, -0.15) is 0 Å². The standard InChI is InChI=1S/C14H9BrF2N2S/c1-7-2-3-11-13(4-7)19(14(20)18-11)12-5-8(15)9(16)6-10(12)17/h2-6H,1H3,(H,18,20). The van der Waals surface area contributed by atoms with Gasteiger partial charge in [-0.25, -0.2) is 8.78 Å². The number of H-pyrrole nitrogens is 1. The number of rotatable bonds is 1. The molecule has 0 bridgehead atoms. The Kier molecular flexibility index (Phi) is 3.22. The Morgan fingerprint density at radius 3 is 2.65 bits per heavy atom. The topological polar surface area (TPSA) is 20.7 Å². The lowest BCUT2D eigenvalue weighted by atomic mass is 10.2. The first-order valence-electron chi connectivity index (χ1n) is 5.83. The number of benzene rings is 2. The van der Waals surface area contributed by atoms with E-state index in [2.05, 4.69) is 20.9 Å². The second-order valence-electron chi connectivity index (χ2n) is 4.50. The largest absolute Gasteiger partial charge is 0.330 e. The van der Waals surface area contributed by atoms with E-state index in [1.54, 1.807) is 4.57 Å². The van der Waals surface area contributed by atoms with Crippen molar-refractivity contribution in [3.8, 4) is 5.69 Å². The number of fused-ring (bicyclic) bond motifs is 1. The van der Waals surface area contributed by atoms with E-state index in [1.165, 1.54) is 6.07 Å². The molecule has 20 heavy (non-hydrogen) atoms. The fourth-order valence-electron chi connectivity index (χ4n) is 2.14. The van der Waals surface area contributed by atoms with Gasteiger partial charge in [0.15, 0.2) is 4.77 Å². The number of nitrogens with one attached hydrogen (secondary N) is 1. The van der Waals surface area contributed by atoms with Gasteiger partial charge in [-0.1, -0.05) is 6.07 Å². The van der Waals surface area contributed by atoms with E-state index < -0.39 is 11.6 Å². The van der Waals surface area contributed by atoms with Gasteiger partial charge in [-0.15, -0.1) is 0 Å². The maximum Gasteiger partial charge on any atom is 0.182 e. The van der Waals surface area contributed by atoms with Crippen molar-refractivity contribution in [1.29, 1.82) is 0 Å². The second kappa shape index (κ2) is 4.79. The number of nitrogens with zero attached hydrogens (tertiary/aromatic N) is 1. The number of hydrogen-bond acceptors (Lipinski definition) is 1. The van der Waals surface area contributed by atoms with E-state index in [9.17, 15) is 8.78 Å². The minimum atomic E-state index is -0.663. The normalized spacial score (nSPS) is 11.2. The number of aromatic amines is 1. The minimum Gasteiger partial charge on any atom is -0.330 e. The molecular weight excluding hydrogens is 346 g/mol. The molecule has 0 amide bonds. The van der Waals surface area contributed by atoms with Gasteiger partial charge in [0.1, 0.15) is 11.6 Å². The molecule has 0 aliphatic heterocycles. The van der Waals surface area contributed by atoms with E-state index >= 15 is 0 Å². The Morgan fingerprint density at radius 1 is 1.15 bits per heavy atom. The summed E-state index contributed by atoms with van der Waals surface area (Å²) in [6.07, 6.45) is 0. The molecular formula is C14H9BrF2N2S. The maximum absolute atomic E-state index is 14.1. The van der Waals surface area contributed by atoms with E-state index in [1.807, 2.05) is 25.1 Å². The zero-order valence-corrected chi connectivity index (χ0v) is 12.8. The summed E-state index contributed by atoms with van der Waals surface area (Å²) in [5.41, 5.74) is 2.80. The summed E-state index contributed by atoms with van der Waals surface area (Å²) < 4.78 is 29.5. The summed E-state index contributed by atoms with van der Waals surface area (Å²) in [4.78, 5) is 3.02. The highest BCUT2D eigenvalue weighted by Crippen LogP contribution is 2.27. The van der Waals surface area contributed by atoms with Gasteiger partial charge in [0.05, 0.1) is 21.2 Å². The molecule has 0 spiro atoms. The highest BCUT2D eigenvalue weighted by molar-refractivity contribution is 9.10. The predicted molar refractivity (Wildman–Crippen MR) is 80.8 cm³/mol. The Bertz CT molecular complexity index is 883. The van der Waals surface area contributed by atoms with Crippen LogP contribution in [0.25, 0.3) is 16.7 Å². The lowest BCUT2D eigenvalue weighted by Crippen LogP contribution is -1.99. The molecule has 2 aromatic carbocycles. The molecule has 0 aliphatic carbocycles. The van der Waals surface area contributed by atoms with Crippen molar-refractivity contribution in [2.75, 3.05) is 0 Å². The number of aryl methyl sites for hydroxylation is 1. The summed E-state index contributed by atoms with van der Waals surface area (Å²) in [5.74, 6) is -1.31. The molecule has 1 N–H and O–H groups in total. The van der Waals surface area contributed by atoms with Crippen molar-refractivity contribution in [1.82, 2.24) is 9.55 Å². The van der Waals surface area contributed by atoms with Crippen molar-refractivity contribution >= 4 is 39.2 Å². The molecule has 1 heterocycles. The van der Waals surface area contributed by atoms with E-state index in [-0.39, 0.29) is 10.2 Å². The Labute approximate surface area is 127 Å². The lowest BCUT2D eigenvalue weighted by molar-refractivity contribution is 0.574. The first-order valence-corrected chi connectivity index (χ1v) is 7.04. The molecule has 0 saturated heterocycles. The molecule has 3 aromatic rings. The summed E-state index contributed by atoms with van der Waals surface area (Å²) >= 11 is 8.32. The van der Waals surface area contributed by atoms with Crippen molar-refractivity contribution in [2.24, 2.45) is 0 Å². The van der Waals surface area contributed by atoms with Gasteiger partial charge < -0.3 is 4.98 Å². The molecule has 1 aromatic heterocycles. The smallest absolute Gasteiger partial charge is 0.182 e. The third kappa shape index (κ3) is 2.09. The maximum atomic E-state index is 14.1. The minimum absolute atomic E-state index is 0.192. The molecule has 0 aliphatic rings. The quantitative estimate of drug-likeness (QED) is 0.479. The summed E-state index contributed by atoms with van der Waals surface area (Å²) in [6, 6.07) is 7.95. The van der Waals surface area contributed by atoms with Crippen molar-refractivity contribution < 1.29 is 8.78 Å². The zero-order chi connectivity index (χ0) is 14.4. The SMILES string of the molecule is Cc1ccc2[nH]c(=S)n(-c3cc(Br)c(F)cc3F)c2c1. The Morgan fingerprint density at radius 2 is 1.90 bits per heavy atom. The van der Waals surface area contributed by atoms with Crippen molar-refractivity contribution in [3.63, 3.8) is 0 Å². The van der Waals surface area contributed by atoms with Crippen LogP contribution in [0.4, 0.5) is 8.78 Å². The van der Waals surface area contributed by atoms with Gasteiger partial charge in [0, 0.05) is 6.07 Å². The fourth-order valence-corrected chi connectivity index (χ4v) is 2.77. The van der Waals surface area contributed by atoms with Crippen LogP contribution in [0.2, 0.25) is 0 Å². The molecule has 0 fully saturated rings. The first kappa shape index (κ1) is 13.5. The molecule has 3 rings (SSSR count). The average molecular weight is 355 g/mol. The monoisotopic (exact) mass is 354 g/mol. The first-order chi connectivity index (χ1) is 9.47. The Hall–Kier alpha value is -1.53. The number of imidazole rings is 1. The van der Waals surface area contributed by atoms with Crippen LogP contribution in [0.5, 0.6) is 0 Å². The van der Waals surface area contributed by atoms with Crippen LogP contribution in [-0.2, 0) is 0 Å². The number of halogens is 3. The van der Waals surface area contributed by atoms with Crippen molar-refractivity contribution in [3.05, 3.63) is 56.8 Å². The van der Waals surface area contributed by atoms with Crippen LogP contribution in [0, 0.1) is 23.3 Å². The predicted octanol–water partition coefficient (Wildman–Crippen LogP) is 5.04. The third-order valence-corrected chi connectivity index (χ3v) is 3.96. The van der Waals surface area contributed by atoms with Crippen LogP contribution in [0.1, 0.15) is 5.56 Å². The molecule has 0 unspecified atom stereocenters. The summed E-state index contributed by atoms with van der Waals surface area (Å²) in [6.45, 7) is 1.94.